The maximum Gasteiger partial charge on any atom is 0.143 e. The van der Waals surface area contributed by atoms with Gasteiger partial charge in [-0.05, 0) is 57.1 Å². The van der Waals surface area contributed by atoms with Crippen molar-refractivity contribution in [2.24, 2.45) is 0 Å². The SMILES string of the molecule is [2H]c1c([2H])c([2H])c2c(c1[2H])Oc1c([2H])c(-c3c([2H])c([2H])c([2H])c([2H])c3-c3cccc4c3oc3ccccc34)c([2H])c([2H])c1C21c2c([2H])c([2H])c([2H])c([2H])c2-c2c([2H])c([2H])c([2H])c([2H])c21. The molecule has 0 bridgehead atoms. The fourth-order valence-corrected chi connectivity index (χ4v) is 6.56. The third-order valence-electron chi connectivity index (χ3n) is 8.37. The summed E-state index contributed by atoms with van der Waals surface area (Å²) in [6.45, 7) is 0. The van der Waals surface area contributed by atoms with E-state index in [1.807, 2.05) is 0 Å². The second kappa shape index (κ2) is 9.07. The summed E-state index contributed by atoms with van der Waals surface area (Å²) in [4.78, 5) is 0. The first-order chi connectivity index (χ1) is 30.2. The van der Waals surface area contributed by atoms with Crippen LogP contribution in [0.3, 0.4) is 0 Å². The third kappa shape index (κ3) is 3.23. The summed E-state index contributed by atoms with van der Waals surface area (Å²) in [6.07, 6.45) is 0. The maximum absolute atomic E-state index is 9.92. The zero-order valence-corrected chi connectivity index (χ0v) is 22.9. The highest BCUT2D eigenvalue weighted by Crippen LogP contribution is 2.62. The molecule has 0 saturated carbocycles. The van der Waals surface area contributed by atoms with Gasteiger partial charge in [-0.1, -0.05) is 139 Å². The Labute approximate surface area is 287 Å². The molecule has 1 spiro atoms. The molecule has 45 heavy (non-hydrogen) atoms. The van der Waals surface area contributed by atoms with Gasteiger partial charge >= 0.3 is 0 Å². The summed E-state index contributed by atoms with van der Waals surface area (Å²) < 4.78 is 186. The zero-order chi connectivity index (χ0) is 46.1. The Morgan fingerprint density at radius 2 is 1.09 bits per heavy atom. The Bertz CT molecular complexity index is 3470. The summed E-state index contributed by atoms with van der Waals surface area (Å²) in [6, 6.07) is -3.59. The largest absolute Gasteiger partial charge is 0.457 e. The van der Waals surface area contributed by atoms with Gasteiger partial charge in [0.05, 0.1) is 31.5 Å². The third-order valence-corrected chi connectivity index (χ3v) is 8.37. The summed E-state index contributed by atoms with van der Waals surface area (Å²) in [7, 11) is 0. The molecule has 0 N–H and O–H groups in total. The van der Waals surface area contributed by atoms with Gasteiger partial charge in [0, 0.05) is 27.5 Å². The number of furan rings is 1. The molecule has 0 fully saturated rings. The van der Waals surface area contributed by atoms with Crippen molar-refractivity contribution in [1.82, 2.24) is 0 Å². The first-order valence-electron chi connectivity index (χ1n) is 23.4. The van der Waals surface area contributed by atoms with Gasteiger partial charge in [0.15, 0.2) is 0 Å². The summed E-state index contributed by atoms with van der Waals surface area (Å²) >= 11 is 0. The molecular weight excluding hydrogens is 548 g/mol. The van der Waals surface area contributed by atoms with Gasteiger partial charge in [-0.25, -0.2) is 0 Å². The number of benzene rings is 7. The van der Waals surface area contributed by atoms with Gasteiger partial charge in [-0.15, -0.1) is 0 Å². The molecular formula is C43H26O2. The number of hydrogen-bond donors (Lipinski definition) is 0. The summed E-state index contributed by atoms with van der Waals surface area (Å²) in [5.74, 6) is -1.47. The van der Waals surface area contributed by atoms with E-state index in [1.54, 1.807) is 36.4 Å². The van der Waals surface area contributed by atoms with Crippen LogP contribution in [0, 0.1) is 0 Å². The van der Waals surface area contributed by atoms with Crippen molar-refractivity contribution in [3.63, 3.8) is 0 Å². The van der Waals surface area contributed by atoms with E-state index in [0.717, 1.165) is 0 Å². The molecule has 0 saturated heterocycles. The molecule has 1 aromatic heterocycles. The minimum Gasteiger partial charge on any atom is -0.457 e. The van der Waals surface area contributed by atoms with E-state index in [9.17, 15) is 11.0 Å². The first-order valence-corrected chi connectivity index (χ1v) is 13.9. The van der Waals surface area contributed by atoms with Crippen molar-refractivity contribution >= 4 is 21.9 Å². The minimum absolute atomic E-state index is 0.126. The van der Waals surface area contributed by atoms with E-state index in [1.165, 1.54) is 6.07 Å². The van der Waals surface area contributed by atoms with Crippen LogP contribution in [0.15, 0.2) is 162 Å². The Morgan fingerprint density at radius 3 is 1.89 bits per heavy atom. The molecule has 0 radical (unpaired) electrons. The lowest BCUT2D eigenvalue weighted by atomic mass is 9.66. The molecule has 7 aromatic carbocycles. The van der Waals surface area contributed by atoms with E-state index in [2.05, 4.69) is 0 Å². The molecule has 1 aliphatic heterocycles. The van der Waals surface area contributed by atoms with Crippen LogP contribution in [0.4, 0.5) is 0 Å². The van der Waals surface area contributed by atoms with Crippen molar-refractivity contribution in [2.75, 3.05) is 0 Å². The summed E-state index contributed by atoms with van der Waals surface area (Å²) in [5.41, 5.74) is -6.51. The molecule has 2 heterocycles. The Kier molecular flexibility index (Phi) is 2.55. The standard InChI is InChI=1S/C43H26O2/c1-2-13-29(33-17-11-18-34-32-16-5-9-22-39(32)45-42(33)34)28(12-1)27-24-25-38-41(26-27)44-40-23-10-8-21-37(40)43(38)35-19-6-3-14-30(35)31-15-4-7-20-36(31)43/h1-26H/i1D,2D,3D,4D,6D,7D,8D,10D,12D,13D,14D,15D,19D,20D,21D,23D,24D,25D,26D. The quantitative estimate of drug-likeness (QED) is 0.199. The highest BCUT2D eigenvalue weighted by atomic mass is 16.5. The second-order valence-corrected chi connectivity index (χ2v) is 10.5. The van der Waals surface area contributed by atoms with Gasteiger partial charge in [-0.2, -0.15) is 0 Å². The van der Waals surface area contributed by atoms with Gasteiger partial charge in [0.1, 0.15) is 22.7 Å². The predicted molar refractivity (Wildman–Crippen MR) is 182 cm³/mol. The van der Waals surface area contributed by atoms with Crippen LogP contribution in [0.1, 0.15) is 48.3 Å². The van der Waals surface area contributed by atoms with Crippen LogP contribution in [0.25, 0.3) is 55.3 Å². The molecule has 0 unspecified atom stereocenters. The van der Waals surface area contributed by atoms with Crippen molar-refractivity contribution in [2.45, 2.75) is 5.41 Å². The highest BCUT2D eigenvalue weighted by Gasteiger charge is 2.50. The Morgan fingerprint density at radius 1 is 0.467 bits per heavy atom. The van der Waals surface area contributed by atoms with Crippen molar-refractivity contribution < 1.29 is 35.2 Å². The second-order valence-electron chi connectivity index (χ2n) is 10.5. The van der Waals surface area contributed by atoms with Gasteiger partial charge < -0.3 is 9.15 Å². The van der Waals surface area contributed by atoms with E-state index in [0.29, 0.717) is 16.4 Å². The lowest BCUT2D eigenvalue weighted by Gasteiger charge is -2.39. The van der Waals surface area contributed by atoms with Crippen LogP contribution in [-0.2, 0) is 5.41 Å². The molecule has 1 aliphatic carbocycles. The monoisotopic (exact) mass is 593 g/mol. The smallest absolute Gasteiger partial charge is 0.143 e. The van der Waals surface area contributed by atoms with Crippen LogP contribution in [-0.4, -0.2) is 0 Å². The molecule has 8 aromatic rings. The van der Waals surface area contributed by atoms with Gasteiger partial charge in [0.25, 0.3) is 0 Å². The van der Waals surface area contributed by atoms with Crippen LogP contribution < -0.4 is 4.74 Å². The minimum atomic E-state index is -2.73. The molecule has 210 valence electrons. The number of para-hydroxylation sites is 3. The fraction of sp³-hybridized carbons (Fsp3) is 0.0233. The van der Waals surface area contributed by atoms with E-state index in [4.69, 9.17) is 24.2 Å². The zero-order valence-electron chi connectivity index (χ0n) is 41.9. The topological polar surface area (TPSA) is 22.4 Å². The molecule has 2 aliphatic rings. The van der Waals surface area contributed by atoms with E-state index < -0.39 is 176 Å². The number of hydrogen-bond acceptors (Lipinski definition) is 2. The lowest BCUT2D eigenvalue weighted by Crippen LogP contribution is -2.32. The Balaban J connectivity index is 1.44. The molecule has 2 nitrogen and oxygen atoms in total. The summed E-state index contributed by atoms with van der Waals surface area (Å²) in [5, 5.41) is 1.25. The average Bonchev–Trinajstić information content (AvgIpc) is 3.82. The highest BCUT2D eigenvalue weighted by molar-refractivity contribution is 6.10. The number of ether oxygens (including phenoxy) is 1. The van der Waals surface area contributed by atoms with E-state index in [-0.39, 0.29) is 16.7 Å². The van der Waals surface area contributed by atoms with Crippen molar-refractivity contribution in [3.8, 4) is 44.9 Å². The molecule has 2 heteroatoms. The molecule has 10 rings (SSSR count). The fourth-order valence-electron chi connectivity index (χ4n) is 6.56. The maximum atomic E-state index is 9.92. The van der Waals surface area contributed by atoms with Crippen LogP contribution in [0.2, 0.25) is 0 Å². The van der Waals surface area contributed by atoms with Crippen LogP contribution >= 0.6 is 0 Å². The first kappa shape index (κ1) is 12.6. The van der Waals surface area contributed by atoms with Crippen molar-refractivity contribution in [3.05, 3.63) is 180 Å². The normalized spacial score (nSPS) is 19.6. The molecule has 0 amide bonds. The lowest BCUT2D eigenvalue weighted by molar-refractivity contribution is 0.436. The number of fused-ring (bicyclic) bond motifs is 12. The number of rotatable bonds is 2. The Hall–Kier alpha value is -5.86. The molecule has 0 atom stereocenters. The van der Waals surface area contributed by atoms with Gasteiger partial charge in [-0.3, -0.25) is 0 Å². The van der Waals surface area contributed by atoms with E-state index >= 15 is 0 Å². The van der Waals surface area contributed by atoms with Crippen molar-refractivity contribution in [1.29, 1.82) is 0 Å². The van der Waals surface area contributed by atoms with Gasteiger partial charge in [0.2, 0.25) is 0 Å². The van der Waals surface area contributed by atoms with Crippen LogP contribution in [0.5, 0.6) is 11.5 Å². The average molecular weight is 594 g/mol. The predicted octanol–water partition coefficient (Wildman–Crippen LogP) is 11.4.